The first-order valence-corrected chi connectivity index (χ1v) is 7.81. The molecule has 0 bridgehead atoms. The highest BCUT2D eigenvalue weighted by Gasteiger charge is 2.31. The molecule has 23 heavy (non-hydrogen) atoms. The van der Waals surface area contributed by atoms with Crippen LogP contribution in [0.25, 0.3) is 6.08 Å². The summed E-state index contributed by atoms with van der Waals surface area (Å²) < 4.78 is 11.5. The van der Waals surface area contributed by atoms with Crippen LogP contribution in [-0.2, 0) is 16.1 Å². The van der Waals surface area contributed by atoms with Gasteiger partial charge in [0.05, 0.1) is 13.2 Å². The molecule has 0 saturated carbocycles. The Bertz CT molecular complexity index is 679. The van der Waals surface area contributed by atoms with Gasteiger partial charge in [0.1, 0.15) is 12.1 Å². The zero-order chi connectivity index (χ0) is 16.0. The average molecular weight is 307 g/mol. The number of rotatable bonds is 6. The summed E-state index contributed by atoms with van der Waals surface area (Å²) in [6.45, 7) is 3.75. The lowest BCUT2D eigenvalue weighted by Crippen LogP contribution is -2.30. The maximum absolute atomic E-state index is 5.81. The Kier molecular flexibility index (Phi) is 4.89. The predicted octanol–water partition coefficient (Wildman–Crippen LogP) is 4.10. The van der Waals surface area contributed by atoms with Crippen LogP contribution in [0.4, 0.5) is 0 Å². The molecule has 2 aromatic carbocycles. The van der Waals surface area contributed by atoms with Crippen molar-refractivity contribution in [3.63, 3.8) is 0 Å². The van der Waals surface area contributed by atoms with Crippen molar-refractivity contribution >= 4 is 12.0 Å². The second kappa shape index (κ2) is 7.25. The molecule has 2 aromatic rings. The molecule has 0 aliphatic carbocycles. The molecule has 0 spiro atoms. The van der Waals surface area contributed by atoms with Crippen molar-refractivity contribution in [2.45, 2.75) is 19.1 Å². The fourth-order valence-corrected chi connectivity index (χ4v) is 2.41. The third-order valence-corrected chi connectivity index (χ3v) is 3.65. The van der Waals surface area contributed by atoms with Gasteiger partial charge in [0.15, 0.2) is 0 Å². The SMILES string of the molecule is CC1(COCc2ccccc2)COC(C=Cc2ccccc2)=N1. The predicted molar refractivity (Wildman–Crippen MR) is 93.4 cm³/mol. The minimum atomic E-state index is -0.314. The first-order valence-electron chi connectivity index (χ1n) is 7.81. The summed E-state index contributed by atoms with van der Waals surface area (Å²) in [6, 6.07) is 20.3. The average Bonchev–Trinajstić information content (AvgIpc) is 2.96. The molecule has 1 aliphatic rings. The Hall–Kier alpha value is -2.39. The van der Waals surface area contributed by atoms with Gasteiger partial charge in [-0.2, -0.15) is 0 Å². The molecule has 3 rings (SSSR count). The van der Waals surface area contributed by atoms with Gasteiger partial charge in [-0.3, -0.25) is 0 Å². The Morgan fingerprint density at radius 3 is 2.48 bits per heavy atom. The first-order chi connectivity index (χ1) is 11.2. The van der Waals surface area contributed by atoms with Crippen LogP contribution in [0, 0.1) is 0 Å². The summed E-state index contributed by atoms with van der Waals surface area (Å²) in [5.74, 6) is 0.666. The minimum Gasteiger partial charge on any atom is -0.475 e. The van der Waals surface area contributed by atoms with Crippen molar-refractivity contribution in [1.29, 1.82) is 0 Å². The van der Waals surface area contributed by atoms with Gasteiger partial charge in [-0.15, -0.1) is 0 Å². The highest BCUT2D eigenvalue weighted by molar-refractivity contribution is 5.93. The third-order valence-electron chi connectivity index (χ3n) is 3.65. The summed E-state index contributed by atoms with van der Waals surface area (Å²) in [5, 5.41) is 0. The molecule has 0 fully saturated rings. The number of aliphatic imine (C=N–C) groups is 1. The van der Waals surface area contributed by atoms with E-state index in [2.05, 4.69) is 24.0 Å². The van der Waals surface area contributed by atoms with Crippen molar-refractivity contribution < 1.29 is 9.47 Å². The van der Waals surface area contributed by atoms with Gasteiger partial charge in [0.2, 0.25) is 5.90 Å². The maximum atomic E-state index is 5.81. The van der Waals surface area contributed by atoms with Gasteiger partial charge >= 0.3 is 0 Å². The molecule has 0 N–H and O–H groups in total. The van der Waals surface area contributed by atoms with Gasteiger partial charge in [-0.05, 0) is 24.1 Å². The normalized spacial score (nSPS) is 20.5. The molecule has 1 heterocycles. The lowest BCUT2D eigenvalue weighted by Gasteiger charge is -2.18. The summed E-state index contributed by atoms with van der Waals surface area (Å²) in [5.41, 5.74) is 1.99. The molecule has 3 heteroatoms. The van der Waals surface area contributed by atoms with Gasteiger partial charge < -0.3 is 9.47 Å². The second-order valence-electron chi connectivity index (χ2n) is 5.96. The van der Waals surface area contributed by atoms with E-state index < -0.39 is 0 Å². The topological polar surface area (TPSA) is 30.8 Å². The van der Waals surface area contributed by atoms with E-state index in [0.717, 1.165) is 5.56 Å². The van der Waals surface area contributed by atoms with Crippen molar-refractivity contribution in [2.75, 3.05) is 13.2 Å². The van der Waals surface area contributed by atoms with Crippen molar-refractivity contribution in [3.8, 4) is 0 Å². The Labute approximate surface area is 137 Å². The van der Waals surface area contributed by atoms with E-state index in [-0.39, 0.29) is 5.54 Å². The quantitative estimate of drug-likeness (QED) is 0.804. The molecular formula is C20H21NO2. The fourth-order valence-electron chi connectivity index (χ4n) is 2.41. The maximum Gasteiger partial charge on any atom is 0.209 e. The smallest absolute Gasteiger partial charge is 0.209 e. The number of hydrogen-bond donors (Lipinski definition) is 0. The van der Waals surface area contributed by atoms with E-state index in [9.17, 15) is 0 Å². The van der Waals surface area contributed by atoms with Gasteiger partial charge in [0, 0.05) is 6.08 Å². The van der Waals surface area contributed by atoms with Gasteiger partial charge in [-0.25, -0.2) is 4.99 Å². The molecule has 0 saturated heterocycles. The van der Waals surface area contributed by atoms with Crippen LogP contribution in [0.15, 0.2) is 71.7 Å². The van der Waals surface area contributed by atoms with E-state index in [0.29, 0.717) is 25.7 Å². The van der Waals surface area contributed by atoms with E-state index in [4.69, 9.17) is 9.47 Å². The monoisotopic (exact) mass is 307 g/mol. The molecule has 0 radical (unpaired) electrons. The second-order valence-corrected chi connectivity index (χ2v) is 5.96. The van der Waals surface area contributed by atoms with Crippen molar-refractivity contribution in [3.05, 3.63) is 77.9 Å². The fraction of sp³-hybridized carbons (Fsp3) is 0.250. The molecule has 3 nitrogen and oxygen atoms in total. The number of hydrogen-bond acceptors (Lipinski definition) is 3. The third kappa shape index (κ3) is 4.54. The van der Waals surface area contributed by atoms with Gasteiger partial charge in [0.25, 0.3) is 0 Å². The molecule has 1 unspecified atom stereocenters. The van der Waals surface area contributed by atoms with Crippen LogP contribution in [0.5, 0.6) is 0 Å². The van der Waals surface area contributed by atoms with E-state index in [1.54, 1.807) is 0 Å². The highest BCUT2D eigenvalue weighted by Crippen LogP contribution is 2.20. The van der Waals surface area contributed by atoms with Crippen LogP contribution in [0.3, 0.4) is 0 Å². The van der Waals surface area contributed by atoms with Crippen LogP contribution in [-0.4, -0.2) is 24.7 Å². The number of nitrogens with zero attached hydrogens (tertiary/aromatic N) is 1. The molecule has 0 aromatic heterocycles. The summed E-state index contributed by atoms with van der Waals surface area (Å²) in [7, 11) is 0. The zero-order valence-corrected chi connectivity index (χ0v) is 13.3. The van der Waals surface area contributed by atoms with E-state index in [1.165, 1.54) is 5.56 Å². The first kappa shape index (κ1) is 15.5. The molecule has 1 aliphatic heterocycles. The minimum absolute atomic E-state index is 0.314. The molecule has 1 atom stereocenters. The molecular weight excluding hydrogens is 286 g/mol. The van der Waals surface area contributed by atoms with Crippen LogP contribution >= 0.6 is 0 Å². The van der Waals surface area contributed by atoms with Crippen LogP contribution in [0.1, 0.15) is 18.1 Å². The summed E-state index contributed by atoms with van der Waals surface area (Å²) in [6.07, 6.45) is 3.92. The van der Waals surface area contributed by atoms with Crippen molar-refractivity contribution in [2.24, 2.45) is 4.99 Å². The largest absolute Gasteiger partial charge is 0.475 e. The van der Waals surface area contributed by atoms with Crippen LogP contribution < -0.4 is 0 Å². The Morgan fingerprint density at radius 1 is 1.04 bits per heavy atom. The van der Waals surface area contributed by atoms with Crippen molar-refractivity contribution in [1.82, 2.24) is 0 Å². The lowest BCUT2D eigenvalue weighted by molar-refractivity contribution is 0.0691. The van der Waals surface area contributed by atoms with E-state index in [1.807, 2.05) is 60.7 Å². The summed E-state index contributed by atoms with van der Waals surface area (Å²) >= 11 is 0. The molecule has 0 amide bonds. The van der Waals surface area contributed by atoms with Crippen LogP contribution in [0.2, 0.25) is 0 Å². The van der Waals surface area contributed by atoms with E-state index >= 15 is 0 Å². The standard InChI is InChI=1S/C20H21NO2/c1-20(15-22-14-18-10-6-3-7-11-18)16-23-19(21-20)13-12-17-8-4-2-5-9-17/h2-13H,14-16H2,1H3. The Morgan fingerprint density at radius 2 is 1.74 bits per heavy atom. The molecule has 118 valence electrons. The zero-order valence-electron chi connectivity index (χ0n) is 13.3. The number of ether oxygens (including phenoxy) is 2. The number of benzene rings is 2. The highest BCUT2D eigenvalue weighted by atomic mass is 16.5. The lowest BCUT2D eigenvalue weighted by atomic mass is 10.1. The Balaban J connectivity index is 1.54. The summed E-state index contributed by atoms with van der Waals surface area (Å²) in [4.78, 5) is 4.65. The van der Waals surface area contributed by atoms with Gasteiger partial charge in [-0.1, -0.05) is 60.7 Å².